The summed E-state index contributed by atoms with van der Waals surface area (Å²) in [7, 11) is 0. The molecule has 0 atom stereocenters. The molecule has 2 amide bonds. The maximum Gasteiger partial charge on any atom is 0.272 e. The minimum Gasteiger partial charge on any atom is -0.395 e. The molecule has 8 heteroatoms. The first-order valence-electron chi connectivity index (χ1n) is 11.6. The molecular formula is C26H30N4O4. The van der Waals surface area contributed by atoms with Crippen LogP contribution in [0.25, 0.3) is 10.8 Å². The van der Waals surface area contributed by atoms with Crippen molar-refractivity contribution >= 4 is 28.3 Å². The Labute approximate surface area is 198 Å². The van der Waals surface area contributed by atoms with Crippen molar-refractivity contribution in [3.8, 4) is 0 Å². The van der Waals surface area contributed by atoms with Gasteiger partial charge in [-0.15, -0.1) is 0 Å². The molecular weight excluding hydrogens is 432 g/mol. The molecule has 4 N–H and O–H groups in total. The van der Waals surface area contributed by atoms with E-state index in [-0.39, 0.29) is 24.1 Å². The Bertz CT molecular complexity index is 1140. The topological polar surface area (TPSA) is 113 Å². The molecule has 178 valence electrons. The number of hydrogen-bond donors (Lipinski definition) is 4. The van der Waals surface area contributed by atoms with Crippen LogP contribution in [-0.2, 0) is 11.3 Å². The van der Waals surface area contributed by atoms with Crippen LogP contribution < -0.4 is 16.0 Å². The fourth-order valence-corrected chi connectivity index (χ4v) is 4.16. The van der Waals surface area contributed by atoms with Crippen molar-refractivity contribution < 1.29 is 19.4 Å². The van der Waals surface area contributed by atoms with Crippen molar-refractivity contribution in [2.75, 3.05) is 38.2 Å². The Morgan fingerprint density at radius 1 is 1.00 bits per heavy atom. The van der Waals surface area contributed by atoms with E-state index in [1.165, 1.54) is 0 Å². The van der Waals surface area contributed by atoms with Crippen LogP contribution in [0, 0.1) is 5.92 Å². The molecule has 2 heterocycles. The molecule has 8 nitrogen and oxygen atoms in total. The minimum atomic E-state index is -0.308. The van der Waals surface area contributed by atoms with E-state index < -0.39 is 0 Å². The number of aliphatic hydroxyl groups is 1. The third-order valence-corrected chi connectivity index (χ3v) is 6.03. The summed E-state index contributed by atoms with van der Waals surface area (Å²) >= 11 is 0. The second-order valence-electron chi connectivity index (χ2n) is 8.34. The summed E-state index contributed by atoms with van der Waals surface area (Å²) in [4.78, 5) is 30.3. The SMILES string of the molecule is O=C(NCC1CCOCC1)c1ncccc1NC(=O)c1ccc(CNCCO)c2ccccc12. The van der Waals surface area contributed by atoms with Gasteiger partial charge in [0.05, 0.1) is 12.3 Å². The summed E-state index contributed by atoms with van der Waals surface area (Å²) in [5.41, 5.74) is 2.11. The Hall–Kier alpha value is -3.33. The van der Waals surface area contributed by atoms with Gasteiger partial charge in [-0.2, -0.15) is 0 Å². The van der Waals surface area contributed by atoms with Crippen LogP contribution in [0.1, 0.15) is 39.3 Å². The summed E-state index contributed by atoms with van der Waals surface area (Å²) in [6.45, 7) is 3.14. The fourth-order valence-electron chi connectivity index (χ4n) is 4.16. The van der Waals surface area contributed by atoms with E-state index in [1.54, 1.807) is 24.4 Å². The molecule has 1 aliphatic rings. The lowest BCUT2D eigenvalue weighted by Gasteiger charge is -2.22. The molecule has 34 heavy (non-hydrogen) atoms. The van der Waals surface area contributed by atoms with E-state index in [9.17, 15) is 9.59 Å². The van der Waals surface area contributed by atoms with Crippen LogP contribution in [0.2, 0.25) is 0 Å². The van der Waals surface area contributed by atoms with Crippen molar-refractivity contribution in [2.24, 2.45) is 5.92 Å². The van der Waals surface area contributed by atoms with Gasteiger partial charge >= 0.3 is 0 Å². The average Bonchev–Trinajstić information content (AvgIpc) is 2.88. The molecule has 0 radical (unpaired) electrons. The first kappa shape index (κ1) is 23.8. The van der Waals surface area contributed by atoms with E-state index in [2.05, 4.69) is 20.9 Å². The summed E-state index contributed by atoms with van der Waals surface area (Å²) < 4.78 is 5.37. The van der Waals surface area contributed by atoms with Crippen LogP contribution >= 0.6 is 0 Å². The van der Waals surface area contributed by atoms with E-state index >= 15 is 0 Å². The van der Waals surface area contributed by atoms with E-state index in [4.69, 9.17) is 9.84 Å². The number of amides is 2. The van der Waals surface area contributed by atoms with Gasteiger partial charge < -0.3 is 25.8 Å². The predicted molar refractivity (Wildman–Crippen MR) is 131 cm³/mol. The van der Waals surface area contributed by atoms with Crippen LogP contribution in [-0.4, -0.2) is 54.8 Å². The van der Waals surface area contributed by atoms with Crippen molar-refractivity contribution in [3.63, 3.8) is 0 Å². The molecule has 1 aromatic heterocycles. The molecule has 0 bridgehead atoms. The van der Waals surface area contributed by atoms with Crippen LogP contribution in [0.15, 0.2) is 54.7 Å². The monoisotopic (exact) mass is 462 g/mol. The second kappa shape index (κ2) is 11.7. The summed E-state index contributed by atoms with van der Waals surface area (Å²) in [6, 6.07) is 14.8. The standard InChI is InChI=1S/C26H30N4O4/c31-13-12-27-17-19-7-8-22(21-5-2-1-4-20(19)21)25(32)30-23-6-3-11-28-24(23)26(33)29-16-18-9-14-34-15-10-18/h1-8,11,18,27,31H,9-10,12-17H2,(H,29,33)(H,30,32). The van der Waals surface area contributed by atoms with Gasteiger partial charge in [-0.25, -0.2) is 4.98 Å². The Morgan fingerprint density at radius 2 is 1.79 bits per heavy atom. The molecule has 1 aliphatic heterocycles. The number of carbonyl (C=O) groups is 2. The first-order chi connectivity index (χ1) is 16.7. The molecule has 3 aromatic rings. The number of hydrogen-bond acceptors (Lipinski definition) is 6. The molecule has 2 aromatic carbocycles. The fraction of sp³-hybridized carbons (Fsp3) is 0.346. The number of nitrogens with one attached hydrogen (secondary N) is 3. The Kier molecular flexibility index (Phi) is 8.19. The zero-order valence-electron chi connectivity index (χ0n) is 19.0. The zero-order chi connectivity index (χ0) is 23.8. The maximum atomic E-state index is 13.2. The molecule has 0 saturated carbocycles. The average molecular weight is 463 g/mol. The zero-order valence-corrected chi connectivity index (χ0v) is 19.0. The lowest BCUT2D eigenvalue weighted by molar-refractivity contribution is 0.0642. The van der Waals surface area contributed by atoms with Gasteiger partial charge in [-0.3, -0.25) is 9.59 Å². The van der Waals surface area contributed by atoms with E-state index in [1.807, 2.05) is 30.3 Å². The highest BCUT2D eigenvalue weighted by Crippen LogP contribution is 2.24. The van der Waals surface area contributed by atoms with Gasteiger partial charge in [0, 0.05) is 44.6 Å². The number of carbonyl (C=O) groups excluding carboxylic acids is 2. The quantitative estimate of drug-likeness (QED) is 0.364. The number of anilines is 1. The molecule has 0 aliphatic carbocycles. The van der Waals surface area contributed by atoms with Gasteiger partial charge in [0.15, 0.2) is 5.69 Å². The molecule has 0 spiro atoms. The lowest BCUT2D eigenvalue weighted by Crippen LogP contribution is -2.33. The number of pyridine rings is 1. The molecule has 0 unspecified atom stereocenters. The smallest absolute Gasteiger partial charge is 0.272 e. The largest absolute Gasteiger partial charge is 0.395 e. The predicted octanol–water partition coefficient (Wildman–Crippen LogP) is 2.73. The van der Waals surface area contributed by atoms with Crippen molar-refractivity contribution in [1.82, 2.24) is 15.6 Å². The van der Waals surface area contributed by atoms with Gasteiger partial charge in [0.25, 0.3) is 11.8 Å². The normalized spacial score (nSPS) is 14.1. The third-order valence-electron chi connectivity index (χ3n) is 6.03. The molecule has 4 rings (SSSR count). The first-order valence-corrected chi connectivity index (χ1v) is 11.6. The number of benzene rings is 2. The second-order valence-corrected chi connectivity index (χ2v) is 8.34. The van der Waals surface area contributed by atoms with Crippen LogP contribution in [0.4, 0.5) is 5.69 Å². The van der Waals surface area contributed by atoms with E-state index in [0.29, 0.717) is 36.8 Å². The Morgan fingerprint density at radius 3 is 2.59 bits per heavy atom. The number of aromatic nitrogens is 1. The third kappa shape index (κ3) is 5.77. The van der Waals surface area contributed by atoms with Gasteiger partial charge in [0.2, 0.25) is 0 Å². The summed E-state index contributed by atoms with van der Waals surface area (Å²) in [5, 5.41) is 19.8. The van der Waals surface area contributed by atoms with Crippen LogP contribution in [0.5, 0.6) is 0 Å². The highest BCUT2D eigenvalue weighted by Gasteiger charge is 2.20. The summed E-state index contributed by atoms with van der Waals surface area (Å²) in [5.74, 6) is -0.230. The van der Waals surface area contributed by atoms with Crippen molar-refractivity contribution in [3.05, 3.63) is 71.5 Å². The van der Waals surface area contributed by atoms with Gasteiger partial charge in [-0.1, -0.05) is 30.3 Å². The van der Waals surface area contributed by atoms with Crippen molar-refractivity contribution in [2.45, 2.75) is 19.4 Å². The number of aliphatic hydroxyl groups excluding tert-OH is 1. The molecule has 1 saturated heterocycles. The highest BCUT2D eigenvalue weighted by molar-refractivity contribution is 6.15. The Balaban J connectivity index is 1.51. The van der Waals surface area contributed by atoms with Crippen molar-refractivity contribution in [1.29, 1.82) is 0 Å². The number of ether oxygens (including phenoxy) is 1. The molecule has 1 fully saturated rings. The number of nitrogens with zero attached hydrogens (tertiary/aromatic N) is 1. The van der Waals surface area contributed by atoms with Gasteiger partial charge in [-0.05, 0) is 53.3 Å². The minimum absolute atomic E-state index is 0.0640. The maximum absolute atomic E-state index is 13.2. The highest BCUT2D eigenvalue weighted by atomic mass is 16.5. The van der Waals surface area contributed by atoms with E-state index in [0.717, 1.165) is 42.4 Å². The van der Waals surface area contributed by atoms with Gasteiger partial charge in [0.1, 0.15) is 0 Å². The number of fused-ring (bicyclic) bond motifs is 1. The van der Waals surface area contributed by atoms with Crippen LogP contribution in [0.3, 0.4) is 0 Å². The number of rotatable bonds is 9. The lowest BCUT2D eigenvalue weighted by atomic mass is 9.98. The summed E-state index contributed by atoms with van der Waals surface area (Å²) in [6.07, 6.45) is 3.39.